The van der Waals surface area contributed by atoms with Crippen LogP contribution in [0.25, 0.3) is 5.69 Å². The van der Waals surface area contributed by atoms with E-state index in [-0.39, 0.29) is 5.69 Å². The van der Waals surface area contributed by atoms with Crippen molar-refractivity contribution in [1.82, 2.24) is 4.57 Å². The Morgan fingerprint density at radius 3 is 2.44 bits per heavy atom. The lowest BCUT2D eigenvalue weighted by Gasteiger charge is -2.09. The lowest BCUT2D eigenvalue weighted by atomic mass is 10.2. The van der Waals surface area contributed by atoms with Crippen LogP contribution in [0, 0.1) is 30.9 Å². The summed E-state index contributed by atoms with van der Waals surface area (Å²) in [5.74, 6) is 0. The van der Waals surface area contributed by atoms with Crippen molar-refractivity contribution >= 4 is 17.6 Å². The fourth-order valence-corrected chi connectivity index (χ4v) is 2.84. The van der Waals surface area contributed by atoms with Gasteiger partial charge in [0.05, 0.1) is 10.6 Å². The van der Waals surface area contributed by atoms with Gasteiger partial charge in [-0.15, -0.1) is 0 Å². The van der Waals surface area contributed by atoms with E-state index >= 15 is 0 Å². The van der Waals surface area contributed by atoms with Gasteiger partial charge in [-0.2, -0.15) is 0 Å². The maximum atomic E-state index is 10.9. The zero-order valence-electron chi connectivity index (χ0n) is 14.4. The molecule has 1 heterocycles. The smallest absolute Gasteiger partial charge is 0.271 e. The first-order chi connectivity index (χ1) is 12.0. The molecule has 0 aliphatic carbocycles. The van der Waals surface area contributed by atoms with Crippen LogP contribution in [-0.4, -0.2) is 15.7 Å². The van der Waals surface area contributed by atoms with Crippen molar-refractivity contribution < 1.29 is 4.92 Å². The van der Waals surface area contributed by atoms with Crippen LogP contribution in [0.3, 0.4) is 0 Å². The molecule has 25 heavy (non-hydrogen) atoms. The third-order valence-corrected chi connectivity index (χ3v) is 4.16. The molecule has 0 saturated heterocycles. The quantitative estimate of drug-likeness (QED) is 0.380. The molecule has 0 amide bonds. The molecule has 3 rings (SSSR count). The zero-order valence-corrected chi connectivity index (χ0v) is 14.4. The predicted molar refractivity (Wildman–Crippen MR) is 100 cm³/mol. The number of non-ortho nitro benzene ring substituents is 1. The second-order valence-corrected chi connectivity index (χ2v) is 6.03. The van der Waals surface area contributed by atoms with Crippen LogP contribution in [0.2, 0.25) is 0 Å². The van der Waals surface area contributed by atoms with Crippen molar-refractivity contribution in [2.24, 2.45) is 4.99 Å². The van der Waals surface area contributed by atoms with E-state index in [1.807, 2.05) is 6.92 Å². The molecule has 0 unspecified atom stereocenters. The molecule has 0 bridgehead atoms. The molecule has 2 aromatic carbocycles. The Hall–Kier alpha value is -3.21. The normalized spacial score (nSPS) is 11.2. The van der Waals surface area contributed by atoms with Gasteiger partial charge in [0.1, 0.15) is 0 Å². The number of nitro benzene ring substituents is 1. The van der Waals surface area contributed by atoms with Gasteiger partial charge in [0.2, 0.25) is 0 Å². The number of hydrogen-bond acceptors (Lipinski definition) is 3. The second kappa shape index (κ2) is 6.73. The number of rotatable bonds is 4. The maximum absolute atomic E-state index is 10.9. The number of aryl methyl sites for hydroxylation is 2. The average Bonchev–Trinajstić information content (AvgIpc) is 2.88. The Morgan fingerprint density at radius 1 is 1.04 bits per heavy atom. The van der Waals surface area contributed by atoms with Crippen molar-refractivity contribution in [3.8, 4) is 5.69 Å². The molecule has 3 aromatic rings. The van der Waals surface area contributed by atoms with Crippen LogP contribution < -0.4 is 0 Å². The number of aliphatic imine (C=N–C) groups is 1. The molecule has 0 radical (unpaired) electrons. The largest absolute Gasteiger partial charge is 0.318 e. The van der Waals surface area contributed by atoms with Gasteiger partial charge in [-0.25, -0.2) is 0 Å². The Balaban J connectivity index is 1.94. The van der Waals surface area contributed by atoms with Gasteiger partial charge < -0.3 is 4.57 Å². The highest BCUT2D eigenvalue weighted by Gasteiger charge is 2.09. The molecular formula is C20H19N3O2. The highest BCUT2D eigenvalue weighted by molar-refractivity contribution is 5.84. The molecule has 126 valence electrons. The Labute approximate surface area is 146 Å². The van der Waals surface area contributed by atoms with Gasteiger partial charge in [-0.3, -0.25) is 15.1 Å². The fraction of sp³-hybridized carbons (Fsp3) is 0.150. The Bertz CT molecular complexity index is 954. The summed E-state index contributed by atoms with van der Waals surface area (Å²) in [5, 5.41) is 10.9. The van der Waals surface area contributed by atoms with Crippen LogP contribution in [-0.2, 0) is 0 Å². The summed E-state index contributed by atoms with van der Waals surface area (Å²) in [6, 6.07) is 16.8. The van der Waals surface area contributed by atoms with Crippen molar-refractivity contribution in [3.05, 3.63) is 87.2 Å². The lowest BCUT2D eigenvalue weighted by molar-refractivity contribution is -0.384. The molecule has 0 spiro atoms. The zero-order chi connectivity index (χ0) is 18.0. The Morgan fingerprint density at radius 2 is 1.76 bits per heavy atom. The van der Waals surface area contributed by atoms with Crippen molar-refractivity contribution in [3.63, 3.8) is 0 Å². The average molecular weight is 333 g/mol. The second-order valence-electron chi connectivity index (χ2n) is 6.03. The van der Waals surface area contributed by atoms with E-state index < -0.39 is 4.92 Å². The number of nitro groups is 1. The van der Waals surface area contributed by atoms with Gasteiger partial charge in [0, 0.05) is 41.0 Å². The highest BCUT2D eigenvalue weighted by atomic mass is 16.6. The number of benzene rings is 2. The summed E-state index contributed by atoms with van der Waals surface area (Å²) < 4.78 is 2.17. The third kappa shape index (κ3) is 3.50. The van der Waals surface area contributed by atoms with Gasteiger partial charge in [0.15, 0.2) is 0 Å². The van der Waals surface area contributed by atoms with E-state index in [1.165, 1.54) is 17.7 Å². The highest BCUT2D eigenvalue weighted by Crippen LogP contribution is 2.22. The van der Waals surface area contributed by atoms with E-state index in [0.29, 0.717) is 5.69 Å². The van der Waals surface area contributed by atoms with Crippen LogP contribution >= 0.6 is 0 Å². The molecule has 5 heteroatoms. The monoisotopic (exact) mass is 333 g/mol. The summed E-state index contributed by atoms with van der Waals surface area (Å²) in [6.07, 6.45) is 1.76. The summed E-state index contributed by atoms with van der Waals surface area (Å²) >= 11 is 0. The molecule has 0 aliphatic rings. The Kier molecular flexibility index (Phi) is 4.48. The summed E-state index contributed by atoms with van der Waals surface area (Å²) in [5.41, 5.74) is 6.12. The van der Waals surface area contributed by atoms with Crippen LogP contribution in [0.5, 0.6) is 0 Å². The van der Waals surface area contributed by atoms with Crippen LogP contribution in [0.15, 0.2) is 59.6 Å². The minimum Gasteiger partial charge on any atom is -0.318 e. The molecule has 0 aliphatic heterocycles. The van der Waals surface area contributed by atoms with Crippen LogP contribution in [0.1, 0.15) is 22.5 Å². The first-order valence-corrected chi connectivity index (χ1v) is 8.00. The van der Waals surface area contributed by atoms with E-state index in [2.05, 4.69) is 53.7 Å². The van der Waals surface area contributed by atoms with Crippen molar-refractivity contribution in [2.45, 2.75) is 20.8 Å². The SMILES string of the molecule is Cc1ccc(-n2c(C)cc(C=Nc3cccc([N+](=O)[O-])c3)c2C)cc1. The fourth-order valence-electron chi connectivity index (χ4n) is 2.84. The number of aromatic nitrogens is 1. The van der Waals surface area contributed by atoms with Crippen molar-refractivity contribution in [1.29, 1.82) is 0 Å². The number of hydrogen-bond donors (Lipinski definition) is 0. The summed E-state index contributed by atoms with van der Waals surface area (Å²) in [4.78, 5) is 14.8. The number of nitrogens with zero attached hydrogens (tertiary/aromatic N) is 3. The minimum absolute atomic E-state index is 0.0415. The maximum Gasteiger partial charge on any atom is 0.271 e. The topological polar surface area (TPSA) is 60.4 Å². The first-order valence-electron chi connectivity index (χ1n) is 8.00. The lowest BCUT2D eigenvalue weighted by Crippen LogP contribution is -1.99. The predicted octanol–water partition coefficient (Wildman–Crippen LogP) is 5.06. The molecule has 0 atom stereocenters. The first kappa shape index (κ1) is 16.6. The van der Waals surface area contributed by atoms with E-state index in [0.717, 1.165) is 22.6 Å². The van der Waals surface area contributed by atoms with Gasteiger partial charge in [-0.1, -0.05) is 23.8 Å². The third-order valence-electron chi connectivity index (χ3n) is 4.16. The molecule has 5 nitrogen and oxygen atoms in total. The summed E-state index contributed by atoms with van der Waals surface area (Å²) in [6.45, 7) is 6.16. The van der Waals surface area contributed by atoms with Gasteiger partial charge >= 0.3 is 0 Å². The molecular weight excluding hydrogens is 314 g/mol. The molecule has 1 aromatic heterocycles. The standard InChI is InChI=1S/C20H19N3O2/c1-14-7-9-19(10-8-14)22-15(2)11-17(16(22)3)13-21-18-5-4-6-20(12-18)23(24)25/h4-13H,1-3H3. The molecule has 0 saturated carbocycles. The van der Waals surface area contributed by atoms with E-state index in [9.17, 15) is 10.1 Å². The van der Waals surface area contributed by atoms with Crippen molar-refractivity contribution in [2.75, 3.05) is 0 Å². The van der Waals surface area contributed by atoms with Gasteiger partial charge in [0.25, 0.3) is 5.69 Å². The van der Waals surface area contributed by atoms with Gasteiger partial charge in [-0.05, 0) is 45.0 Å². The minimum atomic E-state index is -0.414. The summed E-state index contributed by atoms with van der Waals surface area (Å²) in [7, 11) is 0. The molecule has 0 fully saturated rings. The van der Waals surface area contributed by atoms with E-state index in [4.69, 9.17) is 0 Å². The molecule has 0 N–H and O–H groups in total. The van der Waals surface area contributed by atoms with Crippen LogP contribution in [0.4, 0.5) is 11.4 Å². The van der Waals surface area contributed by atoms with E-state index in [1.54, 1.807) is 18.3 Å².